The average Bonchev–Trinajstić information content (AvgIpc) is 3.46. The molecule has 0 amide bonds. The summed E-state index contributed by atoms with van der Waals surface area (Å²) in [4.78, 5) is 9.14. The third-order valence-corrected chi connectivity index (χ3v) is 6.77. The molecule has 1 fully saturated rings. The fourth-order valence-corrected chi connectivity index (χ4v) is 5.00. The van der Waals surface area contributed by atoms with E-state index in [-0.39, 0.29) is 12.1 Å². The maximum Gasteiger partial charge on any atom is 0.184 e. The maximum atomic E-state index is 10.2. The van der Waals surface area contributed by atoms with Crippen molar-refractivity contribution in [3.63, 3.8) is 0 Å². The molecule has 1 aliphatic carbocycles. The van der Waals surface area contributed by atoms with Gasteiger partial charge in [-0.05, 0) is 31.0 Å². The van der Waals surface area contributed by atoms with Gasteiger partial charge in [0.25, 0.3) is 0 Å². The Morgan fingerprint density at radius 1 is 1.18 bits per heavy atom. The number of hydrogen-bond acceptors (Lipinski definition) is 8. The molecule has 0 spiro atoms. The molecule has 2 N–H and O–H groups in total. The Morgan fingerprint density at radius 3 is 2.94 bits per heavy atom. The highest BCUT2D eigenvalue weighted by Crippen LogP contribution is 2.33. The summed E-state index contributed by atoms with van der Waals surface area (Å²) in [5.41, 5.74) is 2.64. The van der Waals surface area contributed by atoms with Crippen molar-refractivity contribution in [3.05, 3.63) is 48.9 Å². The van der Waals surface area contributed by atoms with Crippen molar-refractivity contribution in [3.8, 4) is 22.8 Å². The van der Waals surface area contributed by atoms with E-state index in [1.165, 1.54) is 0 Å². The van der Waals surface area contributed by atoms with E-state index in [4.69, 9.17) is 9.47 Å². The first-order valence-electron chi connectivity index (χ1n) is 11.2. The van der Waals surface area contributed by atoms with Gasteiger partial charge in [-0.2, -0.15) is 5.10 Å². The first-order chi connectivity index (χ1) is 16.2. The highest BCUT2D eigenvalue weighted by atomic mass is 32.1. The van der Waals surface area contributed by atoms with Gasteiger partial charge in [-0.15, -0.1) is 0 Å². The number of benzene rings is 1. The van der Waals surface area contributed by atoms with Crippen molar-refractivity contribution in [1.82, 2.24) is 19.7 Å². The number of aromatic nitrogens is 4. The summed E-state index contributed by atoms with van der Waals surface area (Å²) in [6.45, 7) is 1.30. The van der Waals surface area contributed by atoms with Crippen LogP contribution in [0.15, 0.2) is 48.9 Å². The van der Waals surface area contributed by atoms with Gasteiger partial charge in [-0.3, -0.25) is 9.67 Å². The van der Waals surface area contributed by atoms with Gasteiger partial charge in [0.2, 0.25) is 0 Å². The first-order valence-corrected chi connectivity index (χ1v) is 12.0. The Morgan fingerprint density at radius 2 is 2.06 bits per heavy atom. The standard InChI is InChI=1S/C24H27N5O3S/c1-31-11-10-29-15-16(14-26-29)21-12-18(8-9-25-21)32-17-6-7-20-23(13-17)33-24(28-20)27-19-4-2-3-5-22(19)30/h6-9,12-15,19,22,30H,2-5,10-11H2,1H3,(H,27,28)/t19-,22-/m1/s1. The summed E-state index contributed by atoms with van der Waals surface area (Å²) in [6.07, 6.45) is 9.22. The smallest absolute Gasteiger partial charge is 0.184 e. The summed E-state index contributed by atoms with van der Waals surface area (Å²) < 4.78 is 14.1. The van der Waals surface area contributed by atoms with E-state index < -0.39 is 0 Å². The molecule has 0 unspecified atom stereocenters. The Hall–Kier alpha value is -3.01. The number of pyridine rings is 1. The molecule has 0 radical (unpaired) electrons. The molecule has 5 rings (SSSR count). The van der Waals surface area contributed by atoms with Gasteiger partial charge in [-0.25, -0.2) is 4.98 Å². The van der Waals surface area contributed by atoms with Crippen LogP contribution in [0.2, 0.25) is 0 Å². The Kier molecular flexibility index (Phi) is 6.52. The first kappa shape index (κ1) is 21.8. The lowest BCUT2D eigenvalue weighted by atomic mass is 9.93. The van der Waals surface area contributed by atoms with Crippen LogP contribution >= 0.6 is 11.3 Å². The van der Waals surface area contributed by atoms with Crippen LogP contribution in [0.4, 0.5) is 5.13 Å². The Bertz CT molecular complexity index is 1220. The van der Waals surface area contributed by atoms with Gasteiger partial charge in [0.05, 0.1) is 47.4 Å². The van der Waals surface area contributed by atoms with Crippen LogP contribution in [0.25, 0.3) is 21.5 Å². The van der Waals surface area contributed by atoms with Crippen LogP contribution in [0.3, 0.4) is 0 Å². The number of fused-ring (bicyclic) bond motifs is 1. The number of ether oxygens (including phenoxy) is 2. The Balaban J connectivity index is 1.30. The van der Waals surface area contributed by atoms with Gasteiger partial charge in [0.1, 0.15) is 11.5 Å². The lowest BCUT2D eigenvalue weighted by Gasteiger charge is -2.27. The average molecular weight is 466 g/mol. The predicted molar refractivity (Wildman–Crippen MR) is 129 cm³/mol. The van der Waals surface area contributed by atoms with Crippen molar-refractivity contribution in [2.75, 3.05) is 19.0 Å². The van der Waals surface area contributed by atoms with Crippen molar-refractivity contribution >= 4 is 26.7 Å². The quantitative estimate of drug-likeness (QED) is 0.389. The van der Waals surface area contributed by atoms with E-state index in [0.29, 0.717) is 18.9 Å². The largest absolute Gasteiger partial charge is 0.457 e. The van der Waals surface area contributed by atoms with Crippen molar-refractivity contribution in [2.45, 2.75) is 44.4 Å². The Labute approximate surface area is 196 Å². The maximum absolute atomic E-state index is 10.2. The predicted octanol–water partition coefficient (Wildman–Crippen LogP) is 4.71. The molecule has 0 aliphatic heterocycles. The fraction of sp³-hybridized carbons (Fsp3) is 0.375. The van der Waals surface area contributed by atoms with Gasteiger partial charge >= 0.3 is 0 Å². The number of methoxy groups -OCH3 is 1. The molecule has 33 heavy (non-hydrogen) atoms. The van der Waals surface area contributed by atoms with E-state index >= 15 is 0 Å². The van der Waals surface area contributed by atoms with Crippen molar-refractivity contribution in [1.29, 1.82) is 0 Å². The molecule has 9 heteroatoms. The third kappa shape index (κ3) is 5.16. The molecule has 0 bridgehead atoms. The SMILES string of the molecule is COCCn1cc(-c2cc(Oc3ccc4nc(N[C@@H]5CCCC[C@H]5O)sc4c3)ccn2)cn1. The molecule has 1 aliphatic rings. The number of nitrogens with one attached hydrogen (secondary N) is 1. The van der Waals surface area contributed by atoms with Gasteiger partial charge in [0, 0.05) is 37.2 Å². The molecular formula is C24H27N5O3S. The molecule has 1 saturated carbocycles. The number of aliphatic hydroxyl groups excluding tert-OH is 1. The van der Waals surface area contributed by atoms with Crippen LogP contribution in [-0.2, 0) is 11.3 Å². The molecule has 172 valence electrons. The van der Waals surface area contributed by atoms with E-state index in [0.717, 1.165) is 58.0 Å². The number of rotatable bonds is 8. The second-order valence-electron chi connectivity index (χ2n) is 8.21. The monoisotopic (exact) mass is 465 g/mol. The molecular weight excluding hydrogens is 438 g/mol. The molecule has 3 heterocycles. The number of hydrogen-bond donors (Lipinski definition) is 2. The number of nitrogens with zero attached hydrogens (tertiary/aromatic N) is 4. The molecule has 2 atom stereocenters. The zero-order valence-electron chi connectivity index (χ0n) is 18.5. The molecule has 0 saturated heterocycles. The zero-order valence-corrected chi connectivity index (χ0v) is 19.3. The second-order valence-corrected chi connectivity index (χ2v) is 9.25. The van der Waals surface area contributed by atoms with Crippen LogP contribution in [0.5, 0.6) is 11.5 Å². The van der Waals surface area contributed by atoms with E-state index in [2.05, 4.69) is 20.4 Å². The summed E-state index contributed by atoms with van der Waals surface area (Å²) >= 11 is 1.58. The van der Waals surface area contributed by atoms with Crippen LogP contribution in [0.1, 0.15) is 25.7 Å². The second kappa shape index (κ2) is 9.86. The topological polar surface area (TPSA) is 94.3 Å². The van der Waals surface area contributed by atoms with Gasteiger partial charge < -0.3 is 19.9 Å². The molecule has 8 nitrogen and oxygen atoms in total. The molecule has 3 aromatic heterocycles. The minimum atomic E-state index is -0.308. The van der Waals surface area contributed by atoms with Gasteiger partial charge in [-0.1, -0.05) is 24.2 Å². The highest BCUT2D eigenvalue weighted by molar-refractivity contribution is 7.22. The summed E-state index contributed by atoms with van der Waals surface area (Å²) in [6, 6.07) is 9.71. The third-order valence-electron chi connectivity index (χ3n) is 5.82. The number of aliphatic hydroxyl groups is 1. The zero-order chi connectivity index (χ0) is 22.6. The number of thiazole rings is 1. The van der Waals surface area contributed by atoms with Crippen LogP contribution in [-0.4, -0.2) is 50.7 Å². The van der Waals surface area contributed by atoms with Crippen LogP contribution < -0.4 is 10.1 Å². The van der Waals surface area contributed by atoms with Crippen LogP contribution in [0, 0.1) is 0 Å². The van der Waals surface area contributed by atoms with E-state index in [1.807, 2.05) is 41.2 Å². The van der Waals surface area contributed by atoms with Crippen molar-refractivity contribution in [2.24, 2.45) is 0 Å². The lowest BCUT2D eigenvalue weighted by molar-refractivity contribution is 0.116. The number of anilines is 1. The van der Waals surface area contributed by atoms with Gasteiger partial charge in [0.15, 0.2) is 5.13 Å². The fourth-order valence-electron chi connectivity index (χ4n) is 4.04. The summed E-state index contributed by atoms with van der Waals surface area (Å²) in [5, 5.41) is 18.9. The highest BCUT2D eigenvalue weighted by Gasteiger charge is 2.23. The minimum absolute atomic E-state index is 0.0733. The lowest BCUT2D eigenvalue weighted by Crippen LogP contribution is -2.36. The minimum Gasteiger partial charge on any atom is -0.457 e. The molecule has 1 aromatic carbocycles. The molecule has 4 aromatic rings. The van der Waals surface area contributed by atoms with E-state index in [1.54, 1.807) is 30.8 Å². The normalized spacial score (nSPS) is 18.5. The van der Waals surface area contributed by atoms with Crippen molar-refractivity contribution < 1.29 is 14.6 Å². The summed E-state index contributed by atoms with van der Waals surface area (Å²) in [7, 11) is 1.68. The summed E-state index contributed by atoms with van der Waals surface area (Å²) in [5.74, 6) is 1.44. The van der Waals surface area contributed by atoms with E-state index in [9.17, 15) is 5.11 Å².